The van der Waals surface area contributed by atoms with Gasteiger partial charge in [-0.05, 0) is 56.2 Å². The molecule has 138 valence electrons. The lowest BCUT2D eigenvalue weighted by Gasteiger charge is -2.11. The van der Waals surface area contributed by atoms with Crippen molar-refractivity contribution >= 4 is 35.0 Å². The highest BCUT2D eigenvalue weighted by atomic mass is 32.2. The van der Waals surface area contributed by atoms with Gasteiger partial charge in [0.1, 0.15) is 5.75 Å². The Hall–Kier alpha value is -2.47. The first kappa shape index (κ1) is 19.8. The predicted octanol–water partition coefficient (Wildman–Crippen LogP) is 4.01. The van der Waals surface area contributed by atoms with Crippen LogP contribution in [0, 0.1) is 13.8 Å². The minimum Gasteiger partial charge on any atom is -0.492 e. The molecule has 2 amide bonds. The Kier molecular flexibility index (Phi) is 7.53. The van der Waals surface area contributed by atoms with Gasteiger partial charge in [-0.1, -0.05) is 18.2 Å². The molecule has 0 saturated carbocycles. The fourth-order valence-electron chi connectivity index (χ4n) is 2.29. The van der Waals surface area contributed by atoms with Crippen LogP contribution in [-0.4, -0.2) is 29.9 Å². The van der Waals surface area contributed by atoms with Crippen LogP contribution in [0.5, 0.6) is 5.75 Å². The zero-order valence-electron chi connectivity index (χ0n) is 15.3. The third kappa shape index (κ3) is 6.11. The van der Waals surface area contributed by atoms with Crippen molar-refractivity contribution in [3.63, 3.8) is 0 Å². The first-order valence-corrected chi connectivity index (χ1v) is 9.61. The van der Waals surface area contributed by atoms with E-state index in [0.717, 1.165) is 11.3 Å². The van der Waals surface area contributed by atoms with Gasteiger partial charge in [-0.15, -0.1) is 11.8 Å². The van der Waals surface area contributed by atoms with Gasteiger partial charge in [-0.25, -0.2) is 0 Å². The molecule has 5 nitrogen and oxygen atoms in total. The molecule has 26 heavy (non-hydrogen) atoms. The van der Waals surface area contributed by atoms with Gasteiger partial charge >= 0.3 is 0 Å². The number of aryl methyl sites for hydroxylation is 2. The summed E-state index contributed by atoms with van der Waals surface area (Å²) in [6.45, 7) is 6.45. The second-order valence-corrected chi connectivity index (χ2v) is 6.80. The molecule has 2 rings (SSSR count). The number of nitrogens with one attached hydrogen (secondary N) is 2. The van der Waals surface area contributed by atoms with Crippen LogP contribution >= 0.6 is 11.8 Å². The van der Waals surface area contributed by atoms with Crippen LogP contribution in [0.25, 0.3) is 0 Å². The highest BCUT2D eigenvalue weighted by Crippen LogP contribution is 2.23. The molecule has 0 saturated heterocycles. The molecule has 0 heterocycles. The summed E-state index contributed by atoms with van der Waals surface area (Å²) in [6.07, 6.45) is 0. The highest BCUT2D eigenvalue weighted by Gasteiger charge is 2.09. The topological polar surface area (TPSA) is 67.4 Å². The molecule has 2 aromatic rings. The number of hydrogen-bond donors (Lipinski definition) is 2. The van der Waals surface area contributed by atoms with E-state index in [2.05, 4.69) is 10.6 Å². The van der Waals surface area contributed by atoms with Gasteiger partial charge in [-0.3, -0.25) is 9.59 Å². The van der Waals surface area contributed by atoms with Crippen molar-refractivity contribution < 1.29 is 14.3 Å². The van der Waals surface area contributed by atoms with E-state index in [0.29, 0.717) is 18.0 Å². The first-order chi connectivity index (χ1) is 12.5. The molecule has 2 aromatic carbocycles. The van der Waals surface area contributed by atoms with Gasteiger partial charge in [0.05, 0.1) is 23.8 Å². The van der Waals surface area contributed by atoms with Crippen LogP contribution in [0.4, 0.5) is 11.4 Å². The summed E-state index contributed by atoms with van der Waals surface area (Å²) < 4.78 is 5.48. The second kappa shape index (κ2) is 9.87. The molecule has 0 atom stereocenters. The highest BCUT2D eigenvalue weighted by molar-refractivity contribution is 8.00. The molecule has 0 bridgehead atoms. The van der Waals surface area contributed by atoms with E-state index >= 15 is 0 Å². The van der Waals surface area contributed by atoms with Crippen molar-refractivity contribution in [2.45, 2.75) is 20.8 Å². The molecular weight excluding hydrogens is 348 g/mol. The van der Waals surface area contributed by atoms with Crippen LogP contribution in [0.3, 0.4) is 0 Å². The number of amides is 2. The molecular formula is C20H24N2O3S. The van der Waals surface area contributed by atoms with Gasteiger partial charge in [0, 0.05) is 5.69 Å². The van der Waals surface area contributed by atoms with E-state index in [4.69, 9.17) is 4.74 Å². The average Bonchev–Trinajstić information content (AvgIpc) is 2.60. The van der Waals surface area contributed by atoms with Crippen molar-refractivity contribution in [1.29, 1.82) is 0 Å². The summed E-state index contributed by atoms with van der Waals surface area (Å²) in [7, 11) is 0. The number of benzene rings is 2. The van der Waals surface area contributed by atoms with Crippen LogP contribution in [0.1, 0.15) is 18.1 Å². The summed E-state index contributed by atoms with van der Waals surface area (Å²) >= 11 is 1.27. The lowest BCUT2D eigenvalue weighted by atomic mass is 10.1. The zero-order valence-corrected chi connectivity index (χ0v) is 16.1. The predicted molar refractivity (Wildman–Crippen MR) is 108 cm³/mol. The SMILES string of the molecule is CCOc1ccccc1NC(=O)CSCC(=O)Nc1ccc(C)c(C)c1. The molecule has 0 aliphatic rings. The Morgan fingerprint density at radius 3 is 2.35 bits per heavy atom. The van der Waals surface area contributed by atoms with E-state index in [1.165, 1.54) is 17.3 Å². The van der Waals surface area contributed by atoms with E-state index in [1.54, 1.807) is 6.07 Å². The largest absolute Gasteiger partial charge is 0.492 e. The van der Waals surface area contributed by atoms with E-state index in [9.17, 15) is 9.59 Å². The van der Waals surface area contributed by atoms with Crippen LogP contribution in [0.15, 0.2) is 42.5 Å². The summed E-state index contributed by atoms with van der Waals surface area (Å²) in [5, 5.41) is 5.66. The number of rotatable bonds is 8. The Bertz CT molecular complexity index is 777. The monoisotopic (exact) mass is 372 g/mol. The molecule has 0 unspecified atom stereocenters. The summed E-state index contributed by atoms with van der Waals surface area (Å²) in [5.41, 5.74) is 3.72. The number of carbonyl (C=O) groups excluding carboxylic acids is 2. The van der Waals surface area contributed by atoms with Crippen LogP contribution in [-0.2, 0) is 9.59 Å². The van der Waals surface area contributed by atoms with Gasteiger partial charge < -0.3 is 15.4 Å². The number of ether oxygens (including phenoxy) is 1. The molecule has 0 aromatic heterocycles. The third-order valence-electron chi connectivity index (χ3n) is 3.72. The molecule has 0 aliphatic heterocycles. The number of anilines is 2. The maximum Gasteiger partial charge on any atom is 0.234 e. The number of hydrogen-bond acceptors (Lipinski definition) is 4. The third-order valence-corrected chi connectivity index (χ3v) is 4.65. The Morgan fingerprint density at radius 1 is 0.962 bits per heavy atom. The summed E-state index contributed by atoms with van der Waals surface area (Å²) in [4.78, 5) is 24.1. The maximum atomic E-state index is 12.1. The lowest BCUT2D eigenvalue weighted by molar-refractivity contribution is -0.114. The molecule has 0 spiro atoms. The number of thioether (sulfide) groups is 1. The van der Waals surface area contributed by atoms with E-state index in [-0.39, 0.29) is 23.3 Å². The zero-order chi connectivity index (χ0) is 18.9. The van der Waals surface area contributed by atoms with Crippen molar-refractivity contribution in [3.05, 3.63) is 53.6 Å². The Morgan fingerprint density at radius 2 is 1.65 bits per heavy atom. The average molecular weight is 372 g/mol. The van der Waals surface area contributed by atoms with Gasteiger partial charge in [0.2, 0.25) is 11.8 Å². The normalized spacial score (nSPS) is 10.3. The quantitative estimate of drug-likeness (QED) is 0.735. The van der Waals surface area contributed by atoms with Gasteiger partial charge in [0.15, 0.2) is 0 Å². The van der Waals surface area contributed by atoms with Crippen molar-refractivity contribution in [2.24, 2.45) is 0 Å². The smallest absolute Gasteiger partial charge is 0.234 e. The molecule has 0 fully saturated rings. The lowest BCUT2D eigenvalue weighted by Crippen LogP contribution is -2.18. The fraction of sp³-hybridized carbons (Fsp3) is 0.300. The molecule has 2 N–H and O–H groups in total. The number of para-hydroxylation sites is 2. The minimum absolute atomic E-state index is 0.124. The Labute approximate surface area is 158 Å². The molecule has 0 aliphatic carbocycles. The van der Waals surface area contributed by atoms with Crippen molar-refractivity contribution in [2.75, 3.05) is 28.7 Å². The van der Waals surface area contributed by atoms with Crippen LogP contribution in [0.2, 0.25) is 0 Å². The van der Waals surface area contributed by atoms with Gasteiger partial charge in [0.25, 0.3) is 0 Å². The summed E-state index contributed by atoms with van der Waals surface area (Å²) in [5.74, 6) is 0.761. The summed E-state index contributed by atoms with van der Waals surface area (Å²) in [6, 6.07) is 13.1. The standard InChI is InChI=1S/C20H24N2O3S/c1-4-25-18-8-6-5-7-17(18)22-20(24)13-26-12-19(23)21-16-10-9-14(2)15(3)11-16/h5-11H,4,12-13H2,1-3H3,(H,21,23)(H,22,24). The Balaban J connectivity index is 1.77. The minimum atomic E-state index is -0.166. The maximum absolute atomic E-state index is 12.1. The van der Waals surface area contributed by atoms with Crippen molar-refractivity contribution in [3.8, 4) is 5.75 Å². The van der Waals surface area contributed by atoms with Crippen LogP contribution < -0.4 is 15.4 Å². The number of carbonyl (C=O) groups is 2. The fourth-order valence-corrected chi connectivity index (χ4v) is 2.91. The van der Waals surface area contributed by atoms with Gasteiger partial charge in [-0.2, -0.15) is 0 Å². The van der Waals surface area contributed by atoms with E-state index < -0.39 is 0 Å². The second-order valence-electron chi connectivity index (χ2n) is 5.82. The molecule has 0 radical (unpaired) electrons. The van der Waals surface area contributed by atoms with E-state index in [1.807, 2.05) is 57.2 Å². The first-order valence-electron chi connectivity index (χ1n) is 8.46. The molecule has 6 heteroatoms. The van der Waals surface area contributed by atoms with Crippen molar-refractivity contribution in [1.82, 2.24) is 0 Å².